The smallest absolute Gasteiger partial charge is 0.319 e. The van der Waals surface area contributed by atoms with E-state index >= 15 is 0 Å². The minimum absolute atomic E-state index is 0.0835. The van der Waals surface area contributed by atoms with Crippen molar-refractivity contribution in [2.24, 2.45) is 17.8 Å². The lowest BCUT2D eigenvalue weighted by molar-refractivity contribution is 0.146. The highest BCUT2D eigenvalue weighted by Crippen LogP contribution is 2.48. The predicted octanol–water partition coefficient (Wildman–Crippen LogP) is 2.53. The summed E-state index contributed by atoms with van der Waals surface area (Å²) in [6.45, 7) is 2.13. The molecular weight excluding hydrogens is 280 g/mol. The fraction of sp³-hybridized carbons (Fsp3) is 0.588. The molecule has 0 heterocycles. The van der Waals surface area contributed by atoms with Crippen molar-refractivity contribution in [2.45, 2.75) is 32.2 Å². The molecule has 5 heteroatoms. The van der Waals surface area contributed by atoms with Gasteiger partial charge in [-0.2, -0.15) is 0 Å². The second-order valence-electron chi connectivity index (χ2n) is 6.51. The van der Waals surface area contributed by atoms with Crippen LogP contribution in [0, 0.1) is 24.7 Å². The fourth-order valence-electron chi connectivity index (χ4n) is 4.11. The molecule has 2 amide bonds. The fourth-order valence-corrected chi connectivity index (χ4v) is 4.11. The molecule has 3 N–H and O–H groups in total. The van der Waals surface area contributed by atoms with Gasteiger partial charge in [0.2, 0.25) is 0 Å². The Morgan fingerprint density at radius 3 is 2.86 bits per heavy atom. The monoisotopic (exact) mass is 304 g/mol. The third kappa shape index (κ3) is 2.77. The van der Waals surface area contributed by atoms with Gasteiger partial charge in [0.05, 0.1) is 12.8 Å². The van der Waals surface area contributed by atoms with Crippen LogP contribution in [0.3, 0.4) is 0 Å². The molecule has 0 radical (unpaired) electrons. The van der Waals surface area contributed by atoms with Crippen LogP contribution in [0.2, 0.25) is 0 Å². The topological polar surface area (TPSA) is 70.6 Å². The summed E-state index contributed by atoms with van der Waals surface area (Å²) in [6.07, 6.45) is 3.46. The van der Waals surface area contributed by atoms with Crippen molar-refractivity contribution in [3.63, 3.8) is 0 Å². The number of ether oxygens (including phenoxy) is 1. The summed E-state index contributed by atoms with van der Waals surface area (Å²) in [4.78, 5) is 12.3. The highest BCUT2D eigenvalue weighted by Gasteiger charge is 2.47. The largest absolute Gasteiger partial charge is 0.495 e. The van der Waals surface area contributed by atoms with Crippen molar-refractivity contribution < 1.29 is 14.6 Å². The predicted molar refractivity (Wildman–Crippen MR) is 85.1 cm³/mol. The molecule has 5 nitrogen and oxygen atoms in total. The van der Waals surface area contributed by atoms with Gasteiger partial charge in [-0.25, -0.2) is 4.79 Å². The van der Waals surface area contributed by atoms with Crippen molar-refractivity contribution in [1.82, 2.24) is 5.32 Å². The van der Waals surface area contributed by atoms with E-state index in [2.05, 4.69) is 10.6 Å². The van der Waals surface area contributed by atoms with E-state index in [0.29, 0.717) is 23.3 Å². The summed E-state index contributed by atoms with van der Waals surface area (Å²) in [5.41, 5.74) is 1.74. The molecule has 2 aliphatic carbocycles. The van der Waals surface area contributed by atoms with Crippen LogP contribution in [0.15, 0.2) is 18.2 Å². The highest BCUT2D eigenvalue weighted by molar-refractivity contribution is 5.91. The number of aryl methyl sites for hydroxylation is 1. The molecule has 0 spiro atoms. The molecule has 0 aromatic heterocycles. The number of carbonyl (C=O) groups excluding carboxylic acids is 1. The number of benzene rings is 1. The Morgan fingerprint density at radius 2 is 2.14 bits per heavy atom. The SMILES string of the molecule is COc1cc(C)ccc1NC(=O)NC1C2CCC(C2)C1CO. The van der Waals surface area contributed by atoms with Crippen LogP contribution < -0.4 is 15.4 Å². The van der Waals surface area contributed by atoms with E-state index in [1.807, 2.05) is 25.1 Å². The highest BCUT2D eigenvalue weighted by atomic mass is 16.5. The minimum Gasteiger partial charge on any atom is -0.495 e. The average Bonchev–Trinajstić information content (AvgIpc) is 3.10. The maximum absolute atomic E-state index is 12.3. The number of anilines is 1. The standard InChI is InChI=1S/C17H24N2O3/c1-10-3-6-14(15(7-10)22-2)18-17(21)19-16-12-5-4-11(8-12)13(16)9-20/h3,6-7,11-13,16,20H,4-5,8-9H2,1-2H3,(H2,18,19,21). The van der Waals surface area contributed by atoms with Gasteiger partial charge in [-0.1, -0.05) is 6.07 Å². The van der Waals surface area contributed by atoms with Crippen molar-refractivity contribution in [1.29, 1.82) is 0 Å². The van der Waals surface area contributed by atoms with Crippen LogP contribution in [0.25, 0.3) is 0 Å². The Kier molecular flexibility index (Phi) is 4.25. The van der Waals surface area contributed by atoms with Gasteiger partial charge in [-0.3, -0.25) is 0 Å². The lowest BCUT2D eigenvalue weighted by atomic mass is 9.85. The van der Waals surface area contributed by atoms with Crippen molar-refractivity contribution in [2.75, 3.05) is 19.0 Å². The van der Waals surface area contributed by atoms with Crippen molar-refractivity contribution in [3.8, 4) is 5.75 Å². The molecule has 0 aliphatic heterocycles. The third-order valence-electron chi connectivity index (χ3n) is 5.20. The van der Waals surface area contributed by atoms with Crippen LogP contribution in [0.5, 0.6) is 5.75 Å². The number of hydrogen-bond acceptors (Lipinski definition) is 3. The van der Waals surface area contributed by atoms with E-state index in [0.717, 1.165) is 18.4 Å². The van der Waals surface area contributed by atoms with Gasteiger partial charge >= 0.3 is 6.03 Å². The molecule has 2 fully saturated rings. The average molecular weight is 304 g/mol. The van der Waals surface area contributed by atoms with Gasteiger partial charge in [0.25, 0.3) is 0 Å². The first-order valence-corrected chi connectivity index (χ1v) is 7.95. The number of amides is 2. The van der Waals surface area contributed by atoms with E-state index in [1.54, 1.807) is 7.11 Å². The lowest BCUT2D eigenvalue weighted by Crippen LogP contribution is -2.46. The Morgan fingerprint density at radius 1 is 1.36 bits per heavy atom. The normalized spacial score (nSPS) is 29.4. The number of methoxy groups -OCH3 is 1. The molecule has 2 bridgehead atoms. The number of rotatable bonds is 4. The van der Waals surface area contributed by atoms with Crippen LogP contribution >= 0.6 is 0 Å². The number of nitrogens with one attached hydrogen (secondary N) is 2. The maximum Gasteiger partial charge on any atom is 0.319 e. The quantitative estimate of drug-likeness (QED) is 0.800. The molecule has 4 atom stereocenters. The molecule has 2 saturated carbocycles. The maximum atomic E-state index is 12.3. The Hall–Kier alpha value is -1.75. The summed E-state index contributed by atoms with van der Waals surface area (Å²) in [5, 5.41) is 15.5. The molecule has 22 heavy (non-hydrogen) atoms. The van der Waals surface area contributed by atoms with Gasteiger partial charge in [-0.15, -0.1) is 0 Å². The molecule has 3 rings (SSSR count). The zero-order valence-electron chi connectivity index (χ0n) is 13.1. The van der Waals surface area contributed by atoms with E-state index in [4.69, 9.17) is 4.74 Å². The zero-order chi connectivity index (χ0) is 15.7. The van der Waals surface area contributed by atoms with Crippen LogP contribution in [0.4, 0.5) is 10.5 Å². The zero-order valence-corrected chi connectivity index (χ0v) is 13.1. The van der Waals surface area contributed by atoms with Crippen molar-refractivity contribution in [3.05, 3.63) is 23.8 Å². The summed E-state index contributed by atoms with van der Waals surface area (Å²) in [6, 6.07) is 5.53. The number of aliphatic hydroxyl groups is 1. The molecule has 0 saturated heterocycles. The lowest BCUT2D eigenvalue weighted by Gasteiger charge is -2.30. The number of fused-ring (bicyclic) bond motifs is 2. The third-order valence-corrected chi connectivity index (χ3v) is 5.20. The number of carbonyl (C=O) groups is 1. The van der Waals surface area contributed by atoms with Gasteiger partial charge in [0, 0.05) is 18.6 Å². The van der Waals surface area contributed by atoms with E-state index in [9.17, 15) is 9.90 Å². The Bertz CT molecular complexity index is 561. The van der Waals surface area contributed by atoms with Gasteiger partial charge in [-0.05, 0) is 55.7 Å². The molecular formula is C17H24N2O3. The molecule has 4 unspecified atom stereocenters. The summed E-state index contributed by atoms with van der Waals surface area (Å²) in [7, 11) is 1.59. The Balaban J connectivity index is 1.66. The van der Waals surface area contributed by atoms with Gasteiger partial charge in [0.1, 0.15) is 5.75 Å². The minimum atomic E-state index is -0.224. The van der Waals surface area contributed by atoms with Crippen LogP contribution in [0.1, 0.15) is 24.8 Å². The first-order chi connectivity index (χ1) is 10.6. The summed E-state index contributed by atoms with van der Waals surface area (Å²) >= 11 is 0. The van der Waals surface area contributed by atoms with Gasteiger partial charge in [0.15, 0.2) is 0 Å². The van der Waals surface area contributed by atoms with Gasteiger partial charge < -0.3 is 20.5 Å². The first kappa shape index (κ1) is 15.2. The molecule has 1 aromatic rings. The van der Waals surface area contributed by atoms with E-state index in [1.165, 1.54) is 6.42 Å². The summed E-state index contributed by atoms with van der Waals surface area (Å²) < 4.78 is 5.31. The van der Waals surface area contributed by atoms with Crippen molar-refractivity contribution >= 4 is 11.7 Å². The van der Waals surface area contributed by atoms with Crippen LogP contribution in [-0.4, -0.2) is 30.9 Å². The van der Waals surface area contributed by atoms with E-state index < -0.39 is 0 Å². The number of aliphatic hydroxyl groups excluding tert-OH is 1. The first-order valence-electron chi connectivity index (χ1n) is 7.95. The van der Waals surface area contributed by atoms with E-state index in [-0.39, 0.29) is 24.6 Å². The molecule has 120 valence electrons. The molecule has 2 aliphatic rings. The number of hydrogen-bond donors (Lipinski definition) is 3. The second kappa shape index (κ2) is 6.16. The Labute approximate surface area is 131 Å². The summed E-state index contributed by atoms with van der Waals surface area (Å²) in [5.74, 6) is 1.92. The second-order valence-corrected chi connectivity index (χ2v) is 6.51. The number of urea groups is 1. The molecule has 1 aromatic carbocycles. The van der Waals surface area contributed by atoms with Crippen LogP contribution in [-0.2, 0) is 0 Å².